The molecule has 0 spiro atoms. The maximum absolute atomic E-state index is 14.1. The summed E-state index contributed by atoms with van der Waals surface area (Å²) in [5.74, 6) is -3.40. The van der Waals surface area contributed by atoms with E-state index < -0.39 is 41.5 Å². The summed E-state index contributed by atoms with van der Waals surface area (Å²) in [6.07, 6.45) is -4.35. The molecule has 0 saturated carbocycles. The van der Waals surface area contributed by atoms with E-state index in [1.165, 1.54) is 6.92 Å². The zero-order chi connectivity index (χ0) is 18.2. The quantitative estimate of drug-likeness (QED) is 0.877. The van der Waals surface area contributed by atoms with Crippen molar-refractivity contribution < 1.29 is 27.8 Å². The highest BCUT2D eigenvalue weighted by Crippen LogP contribution is 2.30. The van der Waals surface area contributed by atoms with Crippen LogP contribution in [-0.4, -0.2) is 31.5 Å². The molecular formula is C13H11ClF3N3O4. The molecule has 24 heavy (non-hydrogen) atoms. The van der Waals surface area contributed by atoms with Gasteiger partial charge in [0, 0.05) is 13.1 Å². The SMILES string of the molecule is CC(Oc1cc(-n2nc(C(F)F)n(C)c2=O)c(F)cc1Cl)C(=O)O. The van der Waals surface area contributed by atoms with Crippen molar-refractivity contribution in [3.63, 3.8) is 0 Å². The Morgan fingerprint density at radius 3 is 2.54 bits per heavy atom. The van der Waals surface area contributed by atoms with Crippen LogP contribution in [0.25, 0.3) is 5.69 Å². The van der Waals surface area contributed by atoms with Crippen LogP contribution in [0.15, 0.2) is 16.9 Å². The molecule has 1 aromatic carbocycles. The molecule has 0 amide bonds. The average Bonchev–Trinajstić information content (AvgIpc) is 2.78. The number of ether oxygens (including phenoxy) is 1. The molecule has 0 aliphatic heterocycles. The summed E-state index contributed by atoms with van der Waals surface area (Å²) in [7, 11) is 1.06. The van der Waals surface area contributed by atoms with E-state index in [4.69, 9.17) is 21.4 Å². The minimum absolute atomic E-state index is 0.237. The fourth-order valence-electron chi connectivity index (χ4n) is 1.81. The van der Waals surface area contributed by atoms with Gasteiger partial charge in [-0.15, -0.1) is 5.10 Å². The highest BCUT2D eigenvalue weighted by molar-refractivity contribution is 6.32. The van der Waals surface area contributed by atoms with Gasteiger partial charge in [-0.05, 0) is 13.0 Å². The van der Waals surface area contributed by atoms with E-state index in [2.05, 4.69) is 5.10 Å². The third kappa shape index (κ3) is 3.23. The summed E-state index contributed by atoms with van der Waals surface area (Å²) >= 11 is 5.77. The predicted octanol–water partition coefficient (Wildman–Crippen LogP) is 2.15. The van der Waals surface area contributed by atoms with Crippen LogP contribution in [0.2, 0.25) is 5.02 Å². The van der Waals surface area contributed by atoms with Gasteiger partial charge in [0.25, 0.3) is 6.43 Å². The molecule has 0 radical (unpaired) electrons. The first-order valence-electron chi connectivity index (χ1n) is 6.46. The Bertz CT molecular complexity index is 850. The number of carbonyl (C=O) groups is 1. The molecular weight excluding hydrogens is 355 g/mol. The van der Waals surface area contributed by atoms with Crippen LogP contribution in [0.1, 0.15) is 19.2 Å². The number of halogens is 4. The van der Waals surface area contributed by atoms with Gasteiger partial charge in [-0.25, -0.2) is 22.8 Å². The van der Waals surface area contributed by atoms with Crippen LogP contribution in [0.3, 0.4) is 0 Å². The highest BCUT2D eigenvalue weighted by atomic mass is 35.5. The molecule has 130 valence electrons. The average molecular weight is 366 g/mol. The van der Waals surface area contributed by atoms with Crippen molar-refractivity contribution in [2.75, 3.05) is 0 Å². The number of carboxylic acids is 1. The number of carboxylic acid groups (broad SMARTS) is 1. The summed E-state index contributed by atoms with van der Waals surface area (Å²) in [6.45, 7) is 1.21. The maximum atomic E-state index is 14.1. The van der Waals surface area contributed by atoms with Gasteiger partial charge >= 0.3 is 11.7 Å². The van der Waals surface area contributed by atoms with Gasteiger partial charge in [-0.3, -0.25) is 4.57 Å². The molecule has 11 heteroatoms. The third-order valence-electron chi connectivity index (χ3n) is 3.09. The van der Waals surface area contributed by atoms with E-state index in [9.17, 15) is 22.8 Å². The van der Waals surface area contributed by atoms with Crippen molar-refractivity contribution in [2.24, 2.45) is 7.05 Å². The van der Waals surface area contributed by atoms with Gasteiger partial charge < -0.3 is 9.84 Å². The van der Waals surface area contributed by atoms with E-state index >= 15 is 0 Å². The Hall–Kier alpha value is -2.49. The predicted molar refractivity (Wildman–Crippen MR) is 76.5 cm³/mol. The summed E-state index contributed by atoms with van der Waals surface area (Å²) < 4.78 is 45.7. The topological polar surface area (TPSA) is 86.4 Å². The second-order valence-electron chi connectivity index (χ2n) is 4.74. The lowest BCUT2D eigenvalue weighted by Crippen LogP contribution is -2.24. The second kappa shape index (κ2) is 6.56. The molecule has 1 unspecified atom stereocenters. The van der Waals surface area contributed by atoms with Gasteiger partial charge in [-0.1, -0.05) is 11.6 Å². The molecule has 0 aliphatic rings. The molecule has 1 aromatic heterocycles. The molecule has 1 atom stereocenters. The van der Waals surface area contributed by atoms with Crippen molar-refractivity contribution in [1.82, 2.24) is 14.3 Å². The Balaban J connectivity index is 2.58. The first-order chi connectivity index (χ1) is 11.1. The van der Waals surface area contributed by atoms with E-state index in [-0.39, 0.29) is 10.8 Å². The minimum Gasteiger partial charge on any atom is -0.479 e. The third-order valence-corrected chi connectivity index (χ3v) is 3.39. The van der Waals surface area contributed by atoms with E-state index in [1.807, 2.05) is 0 Å². The van der Waals surface area contributed by atoms with E-state index in [0.29, 0.717) is 9.25 Å². The molecule has 7 nitrogen and oxygen atoms in total. The number of hydrogen-bond acceptors (Lipinski definition) is 4. The van der Waals surface area contributed by atoms with Crippen molar-refractivity contribution >= 4 is 17.6 Å². The Morgan fingerprint density at radius 1 is 1.42 bits per heavy atom. The Labute approximate surface area is 137 Å². The first kappa shape index (κ1) is 17.9. The summed E-state index contributed by atoms with van der Waals surface area (Å²) in [4.78, 5) is 22.8. The van der Waals surface area contributed by atoms with Crippen molar-refractivity contribution in [2.45, 2.75) is 19.5 Å². The molecule has 0 bridgehead atoms. The smallest absolute Gasteiger partial charge is 0.350 e. The molecule has 0 fully saturated rings. The van der Waals surface area contributed by atoms with Crippen LogP contribution in [0.4, 0.5) is 13.2 Å². The van der Waals surface area contributed by atoms with E-state index in [1.54, 1.807) is 0 Å². The lowest BCUT2D eigenvalue weighted by atomic mass is 10.2. The van der Waals surface area contributed by atoms with Crippen molar-refractivity contribution in [3.8, 4) is 11.4 Å². The second-order valence-corrected chi connectivity index (χ2v) is 5.15. The van der Waals surface area contributed by atoms with Crippen molar-refractivity contribution in [3.05, 3.63) is 39.3 Å². The van der Waals surface area contributed by atoms with Gasteiger partial charge in [0.05, 0.1) is 5.02 Å². The molecule has 2 rings (SSSR count). The Morgan fingerprint density at radius 2 is 2.04 bits per heavy atom. The lowest BCUT2D eigenvalue weighted by Gasteiger charge is -2.13. The minimum atomic E-state index is -3.04. The van der Waals surface area contributed by atoms with Gasteiger partial charge in [0.15, 0.2) is 11.9 Å². The van der Waals surface area contributed by atoms with Crippen LogP contribution < -0.4 is 10.4 Å². The number of alkyl halides is 2. The van der Waals surface area contributed by atoms with Crippen LogP contribution in [0.5, 0.6) is 5.75 Å². The zero-order valence-corrected chi connectivity index (χ0v) is 13.1. The molecule has 2 aromatic rings. The summed E-state index contributed by atoms with van der Waals surface area (Å²) in [6, 6.07) is 1.69. The number of aliphatic carboxylic acids is 1. The van der Waals surface area contributed by atoms with Gasteiger partial charge in [0.1, 0.15) is 11.4 Å². The fourth-order valence-corrected chi connectivity index (χ4v) is 2.01. The van der Waals surface area contributed by atoms with Crippen LogP contribution in [-0.2, 0) is 11.8 Å². The number of benzene rings is 1. The molecule has 0 aliphatic carbocycles. The highest BCUT2D eigenvalue weighted by Gasteiger charge is 2.23. The fraction of sp³-hybridized carbons (Fsp3) is 0.308. The van der Waals surface area contributed by atoms with Crippen LogP contribution in [0, 0.1) is 5.82 Å². The largest absolute Gasteiger partial charge is 0.479 e. The number of rotatable bonds is 5. The lowest BCUT2D eigenvalue weighted by molar-refractivity contribution is -0.144. The monoisotopic (exact) mass is 365 g/mol. The number of nitrogens with zero attached hydrogens (tertiary/aromatic N) is 3. The molecule has 1 N–H and O–H groups in total. The zero-order valence-electron chi connectivity index (χ0n) is 12.3. The van der Waals surface area contributed by atoms with E-state index in [0.717, 1.165) is 19.2 Å². The van der Waals surface area contributed by atoms with Crippen LogP contribution >= 0.6 is 11.6 Å². The Kier molecular flexibility index (Phi) is 4.88. The molecule has 0 saturated heterocycles. The maximum Gasteiger partial charge on any atom is 0.350 e. The van der Waals surface area contributed by atoms with Gasteiger partial charge in [-0.2, -0.15) is 4.68 Å². The number of aromatic nitrogens is 3. The summed E-state index contributed by atoms with van der Waals surface area (Å²) in [5, 5.41) is 12.0. The normalized spacial score (nSPS) is 12.5. The van der Waals surface area contributed by atoms with Crippen molar-refractivity contribution in [1.29, 1.82) is 0 Å². The number of hydrogen-bond donors (Lipinski definition) is 1. The summed E-state index contributed by atoms with van der Waals surface area (Å²) in [5.41, 5.74) is -1.51. The molecule has 1 heterocycles. The van der Waals surface area contributed by atoms with Gasteiger partial charge in [0.2, 0.25) is 5.82 Å². The standard InChI is InChI=1S/C13H11ClF3N3O4/c1-5(12(21)22)24-9-4-8(7(15)3-6(9)14)20-13(23)19(2)11(18-20)10(16)17/h3-5,10H,1-2H3,(H,21,22). The first-order valence-corrected chi connectivity index (χ1v) is 6.84.